The minimum Gasteiger partial charge on any atom is -0.396 e. The van der Waals surface area contributed by atoms with Crippen LogP contribution in [-0.4, -0.2) is 34.8 Å². The van der Waals surface area contributed by atoms with Gasteiger partial charge in [0, 0.05) is 18.5 Å². The summed E-state index contributed by atoms with van der Waals surface area (Å²) in [5.41, 5.74) is -0.145. The summed E-state index contributed by atoms with van der Waals surface area (Å²) < 4.78 is 13.7. The first-order valence-electron chi connectivity index (χ1n) is 7.30. The van der Waals surface area contributed by atoms with Gasteiger partial charge in [0.2, 0.25) is 5.95 Å². The molecule has 0 spiro atoms. The average molecular weight is 282 g/mol. The van der Waals surface area contributed by atoms with Crippen molar-refractivity contribution in [2.75, 3.05) is 30.3 Å². The number of aliphatic hydroxyl groups excluding tert-OH is 1. The summed E-state index contributed by atoms with van der Waals surface area (Å²) in [5.74, 6) is 0.156. The zero-order valence-electron chi connectivity index (χ0n) is 12.0. The Kier molecular flexibility index (Phi) is 5.11. The van der Waals surface area contributed by atoms with E-state index in [-0.39, 0.29) is 17.8 Å². The summed E-state index contributed by atoms with van der Waals surface area (Å²) in [6.07, 6.45) is 6.58. The molecule has 0 saturated heterocycles. The number of anilines is 2. The Labute approximate surface area is 119 Å². The molecule has 5 nitrogen and oxygen atoms in total. The van der Waals surface area contributed by atoms with Crippen molar-refractivity contribution in [2.45, 2.75) is 39.0 Å². The first kappa shape index (κ1) is 15.0. The molecule has 112 valence electrons. The normalized spacial score (nSPS) is 17.8. The van der Waals surface area contributed by atoms with Gasteiger partial charge in [0.05, 0.1) is 12.8 Å². The number of aromatic nitrogens is 2. The van der Waals surface area contributed by atoms with Crippen LogP contribution in [0, 0.1) is 11.2 Å². The van der Waals surface area contributed by atoms with Gasteiger partial charge in [-0.15, -0.1) is 0 Å². The van der Waals surface area contributed by atoms with Crippen molar-refractivity contribution in [3.05, 3.63) is 12.0 Å². The predicted molar refractivity (Wildman–Crippen MR) is 77.2 cm³/mol. The molecule has 1 saturated carbocycles. The molecule has 1 heterocycles. The van der Waals surface area contributed by atoms with Crippen molar-refractivity contribution >= 4 is 11.8 Å². The van der Waals surface area contributed by atoms with Crippen LogP contribution in [0.25, 0.3) is 0 Å². The third-order valence-electron chi connectivity index (χ3n) is 3.96. The Morgan fingerprint density at radius 2 is 2.05 bits per heavy atom. The minimum atomic E-state index is -0.462. The van der Waals surface area contributed by atoms with Gasteiger partial charge in [0.1, 0.15) is 0 Å². The third kappa shape index (κ3) is 3.56. The fourth-order valence-electron chi connectivity index (χ4n) is 2.70. The second-order valence-corrected chi connectivity index (χ2v) is 5.49. The average Bonchev–Trinajstić information content (AvgIpc) is 2.49. The molecule has 3 N–H and O–H groups in total. The first-order chi connectivity index (χ1) is 9.69. The van der Waals surface area contributed by atoms with E-state index in [1.54, 1.807) is 0 Å². The lowest BCUT2D eigenvalue weighted by atomic mass is 9.74. The van der Waals surface area contributed by atoms with Crippen LogP contribution in [0.15, 0.2) is 6.20 Å². The van der Waals surface area contributed by atoms with Crippen LogP contribution in [0.3, 0.4) is 0 Å². The number of hydrogen-bond acceptors (Lipinski definition) is 5. The number of rotatable bonds is 6. The third-order valence-corrected chi connectivity index (χ3v) is 3.96. The van der Waals surface area contributed by atoms with Gasteiger partial charge in [-0.25, -0.2) is 9.37 Å². The summed E-state index contributed by atoms with van der Waals surface area (Å²) >= 11 is 0. The van der Waals surface area contributed by atoms with Gasteiger partial charge in [-0.3, -0.25) is 0 Å². The number of hydrogen-bond donors (Lipinski definition) is 3. The maximum atomic E-state index is 13.7. The Bertz CT molecular complexity index is 435. The molecular formula is C14H23FN4O. The molecule has 0 aliphatic heterocycles. The maximum Gasteiger partial charge on any atom is 0.224 e. The fraction of sp³-hybridized carbons (Fsp3) is 0.714. The molecule has 0 radical (unpaired) electrons. The summed E-state index contributed by atoms with van der Waals surface area (Å²) in [4.78, 5) is 8.00. The lowest BCUT2D eigenvalue weighted by Crippen LogP contribution is -2.36. The van der Waals surface area contributed by atoms with E-state index in [4.69, 9.17) is 0 Å². The molecule has 1 aliphatic rings. The van der Waals surface area contributed by atoms with Gasteiger partial charge in [-0.1, -0.05) is 19.3 Å². The second kappa shape index (κ2) is 6.83. The van der Waals surface area contributed by atoms with Crippen molar-refractivity contribution in [2.24, 2.45) is 5.41 Å². The zero-order chi connectivity index (χ0) is 14.4. The summed E-state index contributed by atoms with van der Waals surface area (Å²) in [6.45, 7) is 3.30. The van der Waals surface area contributed by atoms with Crippen LogP contribution < -0.4 is 10.6 Å². The predicted octanol–water partition coefficient (Wildman–Crippen LogP) is 2.40. The van der Waals surface area contributed by atoms with Crippen LogP contribution in [-0.2, 0) is 0 Å². The molecule has 0 atom stereocenters. The molecule has 6 heteroatoms. The number of halogens is 1. The van der Waals surface area contributed by atoms with Crippen LogP contribution >= 0.6 is 0 Å². The highest BCUT2D eigenvalue weighted by Gasteiger charge is 2.31. The standard InChI is InChI=1S/C14H23FN4O/c1-2-16-13-17-8-11(15)12(19-13)18-9-14(10-20)6-4-3-5-7-14/h8,20H,2-7,9-10H2,1H3,(H2,16,17,18,19). The molecule has 1 aromatic rings. The fourth-order valence-corrected chi connectivity index (χ4v) is 2.70. The first-order valence-corrected chi connectivity index (χ1v) is 7.30. The van der Waals surface area contributed by atoms with Gasteiger partial charge in [0.25, 0.3) is 0 Å². The lowest BCUT2D eigenvalue weighted by Gasteiger charge is -2.35. The Hall–Kier alpha value is -1.43. The van der Waals surface area contributed by atoms with Gasteiger partial charge in [0.15, 0.2) is 11.6 Å². The van der Waals surface area contributed by atoms with Crippen LogP contribution in [0.4, 0.5) is 16.2 Å². The van der Waals surface area contributed by atoms with E-state index < -0.39 is 5.82 Å². The van der Waals surface area contributed by atoms with Gasteiger partial charge < -0.3 is 15.7 Å². The Morgan fingerprint density at radius 1 is 1.30 bits per heavy atom. The van der Waals surface area contributed by atoms with E-state index in [0.29, 0.717) is 19.0 Å². The van der Waals surface area contributed by atoms with Crippen molar-refractivity contribution in [1.29, 1.82) is 0 Å². The van der Waals surface area contributed by atoms with E-state index in [1.807, 2.05) is 6.92 Å². The largest absolute Gasteiger partial charge is 0.396 e. The monoisotopic (exact) mass is 282 g/mol. The molecule has 20 heavy (non-hydrogen) atoms. The van der Waals surface area contributed by atoms with Crippen molar-refractivity contribution in [1.82, 2.24) is 9.97 Å². The molecule has 1 aliphatic carbocycles. The smallest absolute Gasteiger partial charge is 0.224 e. The second-order valence-electron chi connectivity index (χ2n) is 5.49. The van der Waals surface area contributed by atoms with Crippen LogP contribution in [0.5, 0.6) is 0 Å². The van der Waals surface area contributed by atoms with Gasteiger partial charge >= 0.3 is 0 Å². The maximum absolute atomic E-state index is 13.7. The number of aliphatic hydroxyl groups is 1. The minimum absolute atomic E-state index is 0.132. The van der Waals surface area contributed by atoms with Crippen LogP contribution in [0.2, 0.25) is 0 Å². The van der Waals surface area contributed by atoms with E-state index in [9.17, 15) is 9.50 Å². The Morgan fingerprint density at radius 3 is 2.70 bits per heavy atom. The topological polar surface area (TPSA) is 70.1 Å². The van der Waals surface area contributed by atoms with Gasteiger partial charge in [-0.05, 0) is 19.8 Å². The molecule has 1 aromatic heterocycles. The SMILES string of the molecule is CCNc1ncc(F)c(NCC2(CO)CCCCC2)n1. The molecular weight excluding hydrogens is 259 g/mol. The number of nitrogens with one attached hydrogen (secondary N) is 2. The summed E-state index contributed by atoms with van der Waals surface area (Å²) in [5, 5.41) is 15.7. The molecule has 0 aromatic carbocycles. The van der Waals surface area contributed by atoms with Crippen LogP contribution in [0.1, 0.15) is 39.0 Å². The Balaban J connectivity index is 2.03. The van der Waals surface area contributed by atoms with E-state index in [1.165, 1.54) is 12.6 Å². The molecule has 0 amide bonds. The highest BCUT2D eigenvalue weighted by Crippen LogP contribution is 2.36. The van der Waals surface area contributed by atoms with Crippen molar-refractivity contribution < 1.29 is 9.50 Å². The van der Waals surface area contributed by atoms with Crippen molar-refractivity contribution in [3.63, 3.8) is 0 Å². The van der Waals surface area contributed by atoms with Gasteiger partial charge in [-0.2, -0.15) is 4.98 Å². The summed E-state index contributed by atoms with van der Waals surface area (Å²) in [6, 6.07) is 0. The quantitative estimate of drug-likeness (QED) is 0.747. The molecule has 1 fully saturated rings. The van der Waals surface area contributed by atoms with E-state index in [2.05, 4.69) is 20.6 Å². The highest BCUT2D eigenvalue weighted by molar-refractivity contribution is 5.41. The lowest BCUT2D eigenvalue weighted by molar-refractivity contribution is 0.0942. The number of nitrogens with zero attached hydrogens (tertiary/aromatic N) is 2. The molecule has 0 unspecified atom stereocenters. The van der Waals surface area contributed by atoms with Crippen molar-refractivity contribution in [3.8, 4) is 0 Å². The highest BCUT2D eigenvalue weighted by atomic mass is 19.1. The zero-order valence-corrected chi connectivity index (χ0v) is 12.0. The van der Waals surface area contributed by atoms with E-state index >= 15 is 0 Å². The molecule has 2 rings (SSSR count). The molecule has 0 bridgehead atoms. The van der Waals surface area contributed by atoms with E-state index in [0.717, 1.165) is 25.7 Å². The summed E-state index contributed by atoms with van der Waals surface area (Å²) in [7, 11) is 0.